The van der Waals surface area contributed by atoms with Gasteiger partial charge < -0.3 is 15.7 Å². The summed E-state index contributed by atoms with van der Waals surface area (Å²) in [6, 6.07) is -0.186. The first kappa shape index (κ1) is 14.2. The van der Waals surface area contributed by atoms with E-state index in [0.717, 1.165) is 25.0 Å². The van der Waals surface area contributed by atoms with Gasteiger partial charge in [-0.2, -0.15) is 11.8 Å². The minimum Gasteiger partial charge on any atom is -0.481 e. The normalized spacial score (nSPS) is 24.1. The SMILES string of the molecule is CSCCNC(=O)NC1CCCC(C(=O)O)C1. The molecule has 98 valence electrons. The molecule has 0 bridgehead atoms. The van der Waals surface area contributed by atoms with E-state index in [1.54, 1.807) is 11.8 Å². The standard InChI is InChI=1S/C11H20N2O3S/c1-17-6-5-12-11(16)13-9-4-2-3-8(7-9)10(14)15/h8-9H,2-7H2,1H3,(H,14,15)(H2,12,13,16). The van der Waals surface area contributed by atoms with Crippen LogP contribution < -0.4 is 10.6 Å². The van der Waals surface area contributed by atoms with Crippen molar-refractivity contribution in [2.75, 3.05) is 18.6 Å². The van der Waals surface area contributed by atoms with Crippen LogP contribution in [0.25, 0.3) is 0 Å². The minimum atomic E-state index is -0.751. The fraction of sp³-hybridized carbons (Fsp3) is 0.818. The molecule has 1 fully saturated rings. The lowest BCUT2D eigenvalue weighted by molar-refractivity contribution is -0.143. The highest BCUT2D eigenvalue weighted by atomic mass is 32.2. The molecule has 3 N–H and O–H groups in total. The van der Waals surface area contributed by atoms with Crippen LogP contribution in [0.5, 0.6) is 0 Å². The predicted octanol–water partition coefficient (Wildman–Crippen LogP) is 1.29. The molecule has 0 saturated heterocycles. The van der Waals surface area contributed by atoms with Gasteiger partial charge >= 0.3 is 12.0 Å². The molecule has 2 atom stereocenters. The van der Waals surface area contributed by atoms with Crippen LogP contribution in [0, 0.1) is 5.92 Å². The largest absolute Gasteiger partial charge is 0.481 e. The third-order valence-electron chi connectivity index (χ3n) is 2.95. The highest BCUT2D eigenvalue weighted by Gasteiger charge is 2.27. The van der Waals surface area contributed by atoms with Gasteiger partial charge in [-0.1, -0.05) is 6.42 Å². The summed E-state index contributed by atoms with van der Waals surface area (Å²) < 4.78 is 0. The van der Waals surface area contributed by atoms with Crippen LogP contribution in [0.1, 0.15) is 25.7 Å². The zero-order valence-electron chi connectivity index (χ0n) is 10.1. The molecule has 1 aliphatic rings. The molecule has 0 spiro atoms. The van der Waals surface area contributed by atoms with E-state index in [-0.39, 0.29) is 18.0 Å². The van der Waals surface area contributed by atoms with E-state index in [1.807, 2.05) is 6.26 Å². The lowest BCUT2D eigenvalue weighted by atomic mass is 9.86. The molecule has 0 aromatic carbocycles. The van der Waals surface area contributed by atoms with Crippen LogP contribution in [-0.4, -0.2) is 41.7 Å². The van der Waals surface area contributed by atoms with Crippen LogP contribution in [0.15, 0.2) is 0 Å². The topological polar surface area (TPSA) is 78.4 Å². The lowest BCUT2D eigenvalue weighted by Crippen LogP contribution is -2.45. The van der Waals surface area contributed by atoms with Gasteiger partial charge in [0.2, 0.25) is 0 Å². The Labute approximate surface area is 106 Å². The third-order valence-corrected chi connectivity index (χ3v) is 3.56. The third kappa shape index (κ3) is 5.30. The second-order valence-electron chi connectivity index (χ2n) is 4.29. The van der Waals surface area contributed by atoms with Crippen LogP contribution >= 0.6 is 11.8 Å². The molecule has 5 nitrogen and oxygen atoms in total. The summed E-state index contributed by atoms with van der Waals surface area (Å²) >= 11 is 1.67. The molecular formula is C11H20N2O3S. The summed E-state index contributed by atoms with van der Waals surface area (Å²) in [5.74, 6) is -0.171. The van der Waals surface area contributed by atoms with Gasteiger partial charge in [0.25, 0.3) is 0 Å². The van der Waals surface area contributed by atoms with Crippen molar-refractivity contribution in [3.8, 4) is 0 Å². The van der Waals surface area contributed by atoms with Gasteiger partial charge in [0, 0.05) is 18.3 Å². The van der Waals surface area contributed by atoms with E-state index in [9.17, 15) is 9.59 Å². The molecule has 2 amide bonds. The van der Waals surface area contributed by atoms with Gasteiger partial charge in [0.05, 0.1) is 5.92 Å². The summed E-state index contributed by atoms with van der Waals surface area (Å²) in [5.41, 5.74) is 0. The number of carbonyl (C=O) groups is 2. The summed E-state index contributed by atoms with van der Waals surface area (Å²) in [4.78, 5) is 22.3. The van der Waals surface area contributed by atoms with Crippen molar-refractivity contribution in [2.45, 2.75) is 31.7 Å². The molecule has 0 aromatic rings. The van der Waals surface area contributed by atoms with Crippen LogP contribution in [-0.2, 0) is 4.79 Å². The first-order valence-corrected chi connectivity index (χ1v) is 7.29. The van der Waals surface area contributed by atoms with Crippen molar-refractivity contribution in [2.24, 2.45) is 5.92 Å². The van der Waals surface area contributed by atoms with Crippen molar-refractivity contribution in [3.63, 3.8) is 0 Å². The first-order valence-electron chi connectivity index (χ1n) is 5.89. The van der Waals surface area contributed by atoms with Crippen molar-refractivity contribution in [3.05, 3.63) is 0 Å². The van der Waals surface area contributed by atoms with Gasteiger partial charge in [0.1, 0.15) is 0 Å². The molecule has 0 radical (unpaired) electrons. The van der Waals surface area contributed by atoms with E-state index >= 15 is 0 Å². The molecular weight excluding hydrogens is 240 g/mol. The number of hydrogen-bond donors (Lipinski definition) is 3. The monoisotopic (exact) mass is 260 g/mol. The molecule has 1 saturated carbocycles. The Kier molecular flexibility index (Phi) is 6.18. The molecule has 0 aliphatic heterocycles. The predicted molar refractivity (Wildman–Crippen MR) is 68.3 cm³/mol. The average Bonchev–Trinajstić information content (AvgIpc) is 2.29. The summed E-state index contributed by atoms with van der Waals surface area (Å²) in [7, 11) is 0. The number of carboxylic acid groups (broad SMARTS) is 1. The lowest BCUT2D eigenvalue weighted by Gasteiger charge is -2.27. The second kappa shape index (κ2) is 7.42. The number of amides is 2. The molecule has 2 unspecified atom stereocenters. The van der Waals surface area contributed by atoms with E-state index in [0.29, 0.717) is 13.0 Å². The highest BCUT2D eigenvalue weighted by Crippen LogP contribution is 2.24. The van der Waals surface area contributed by atoms with Gasteiger partial charge in [-0.3, -0.25) is 4.79 Å². The van der Waals surface area contributed by atoms with Crippen LogP contribution in [0.4, 0.5) is 4.79 Å². The van der Waals surface area contributed by atoms with Crippen LogP contribution in [0.2, 0.25) is 0 Å². The van der Waals surface area contributed by atoms with Gasteiger partial charge in [-0.15, -0.1) is 0 Å². The second-order valence-corrected chi connectivity index (χ2v) is 5.28. The summed E-state index contributed by atoms with van der Waals surface area (Å²) in [6.45, 7) is 0.641. The molecule has 17 heavy (non-hydrogen) atoms. The molecule has 1 rings (SSSR count). The van der Waals surface area contributed by atoms with E-state index in [1.165, 1.54) is 0 Å². The first-order chi connectivity index (χ1) is 8.13. The maximum atomic E-state index is 11.5. The summed E-state index contributed by atoms with van der Waals surface area (Å²) in [5, 5.41) is 14.5. The number of hydrogen-bond acceptors (Lipinski definition) is 3. The van der Waals surface area contributed by atoms with Crippen molar-refractivity contribution in [1.82, 2.24) is 10.6 Å². The summed E-state index contributed by atoms with van der Waals surface area (Å²) in [6.07, 6.45) is 5.00. The smallest absolute Gasteiger partial charge is 0.315 e. The van der Waals surface area contributed by atoms with Crippen molar-refractivity contribution in [1.29, 1.82) is 0 Å². The Morgan fingerprint density at radius 2 is 2.18 bits per heavy atom. The molecule has 0 heterocycles. The Bertz CT molecular complexity index is 273. The minimum absolute atomic E-state index is 0.000806. The fourth-order valence-corrected chi connectivity index (χ4v) is 2.35. The maximum Gasteiger partial charge on any atom is 0.315 e. The zero-order chi connectivity index (χ0) is 12.7. The number of rotatable bonds is 5. The molecule has 6 heteroatoms. The number of thioether (sulfide) groups is 1. The number of carbonyl (C=O) groups excluding carboxylic acids is 1. The van der Waals surface area contributed by atoms with Crippen LogP contribution in [0.3, 0.4) is 0 Å². The molecule has 0 aromatic heterocycles. The van der Waals surface area contributed by atoms with Gasteiger partial charge in [0.15, 0.2) is 0 Å². The zero-order valence-corrected chi connectivity index (χ0v) is 10.9. The Balaban J connectivity index is 2.26. The average molecular weight is 260 g/mol. The fourth-order valence-electron chi connectivity index (χ4n) is 2.05. The molecule has 1 aliphatic carbocycles. The Morgan fingerprint density at radius 1 is 1.41 bits per heavy atom. The van der Waals surface area contributed by atoms with Crippen molar-refractivity contribution < 1.29 is 14.7 Å². The van der Waals surface area contributed by atoms with E-state index in [4.69, 9.17) is 5.11 Å². The highest BCUT2D eigenvalue weighted by molar-refractivity contribution is 7.98. The van der Waals surface area contributed by atoms with Gasteiger partial charge in [-0.25, -0.2) is 4.79 Å². The van der Waals surface area contributed by atoms with E-state index < -0.39 is 5.97 Å². The quantitative estimate of drug-likeness (QED) is 0.651. The number of nitrogens with one attached hydrogen (secondary N) is 2. The van der Waals surface area contributed by atoms with Crippen molar-refractivity contribution >= 4 is 23.8 Å². The number of carboxylic acids is 1. The Morgan fingerprint density at radius 3 is 2.82 bits per heavy atom. The van der Waals surface area contributed by atoms with Gasteiger partial charge in [-0.05, 0) is 25.5 Å². The number of aliphatic carboxylic acids is 1. The maximum absolute atomic E-state index is 11.5. The Hall–Kier alpha value is -0.910. The number of urea groups is 1. The van der Waals surface area contributed by atoms with E-state index in [2.05, 4.69) is 10.6 Å².